The molecular weight excluding hydrogens is 321 g/mol. The van der Waals surface area contributed by atoms with Gasteiger partial charge in [-0.1, -0.05) is 47.5 Å². The fraction of sp³-hybridized carbons (Fsp3) is 0.235. The maximum Gasteiger partial charge on any atom is 0.253 e. The molecule has 0 spiro atoms. The topological polar surface area (TPSA) is 49.3 Å². The van der Waals surface area contributed by atoms with E-state index < -0.39 is 12.1 Å². The van der Waals surface area contributed by atoms with Gasteiger partial charge in [0.15, 0.2) is 0 Å². The van der Waals surface area contributed by atoms with E-state index in [0.717, 1.165) is 5.56 Å². The van der Waals surface area contributed by atoms with Crippen molar-refractivity contribution in [1.29, 1.82) is 0 Å². The molecule has 2 rings (SSSR count). The van der Waals surface area contributed by atoms with Crippen LogP contribution < -0.4 is 5.32 Å². The first-order chi connectivity index (χ1) is 10.4. The van der Waals surface area contributed by atoms with Gasteiger partial charge in [0.2, 0.25) is 0 Å². The number of amides is 1. The number of aryl methyl sites for hydroxylation is 1. The second-order valence-corrected chi connectivity index (χ2v) is 6.01. The number of carbonyl (C=O) groups excluding carboxylic acids is 1. The number of nitrogens with one attached hydrogen (secondary N) is 1. The molecule has 0 aromatic heterocycles. The number of hydrogen-bond acceptors (Lipinski definition) is 2. The predicted octanol–water partition coefficient (Wildman–Crippen LogP) is 4.15. The van der Waals surface area contributed by atoms with E-state index in [1.807, 2.05) is 13.0 Å². The van der Waals surface area contributed by atoms with Gasteiger partial charge in [-0.05, 0) is 43.2 Å². The molecule has 2 unspecified atom stereocenters. The van der Waals surface area contributed by atoms with Gasteiger partial charge in [-0.25, -0.2) is 0 Å². The lowest BCUT2D eigenvalue weighted by molar-refractivity contribution is 0.0852. The maximum absolute atomic E-state index is 12.3. The van der Waals surface area contributed by atoms with E-state index in [4.69, 9.17) is 23.2 Å². The summed E-state index contributed by atoms with van der Waals surface area (Å²) in [6.45, 7) is 3.58. The third-order valence-corrected chi connectivity index (χ3v) is 4.23. The summed E-state index contributed by atoms with van der Waals surface area (Å²) in [6, 6.07) is 11.7. The SMILES string of the molecule is Cc1cccc(C(=O)NC(C)C(O)c2ccc(Cl)cc2)c1Cl. The van der Waals surface area contributed by atoms with Crippen molar-refractivity contribution in [1.82, 2.24) is 5.32 Å². The minimum Gasteiger partial charge on any atom is -0.386 e. The highest BCUT2D eigenvalue weighted by molar-refractivity contribution is 6.34. The van der Waals surface area contributed by atoms with E-state index in [0.29, 0.717) is 21.2 Å². The van der Waals surface area contributed by atoms with Crippen LogP contribution in [0.15, 0.2) is 42.5 Å². The van der Waals surface area contributed by atoms with Crippen molar-refractivity contribution in [2.45, 2.75) is 26.0 Å². The van der Waals surface area contributed by atoms with E-state index >= 15 is 0 Å². The van der Waals surface area contributed by atoms with Crippen LogP contribution in [0.3, 0.4) is 0 Å². The fourth-order valence-corrected chi connectivity index (χ4v) is 2.47. The molecule has 1 amide bonds. The zero-order valence-corrected chi connectivity index (χ0v) is 13.8. The van der Waals surface area contributed by atoms with Crippen LogP contribution in [0.4, 0.5) is 0 Å². The summed E-state index contributed by atoms with van der Waals surface area (Å²) >= 11 is 12.0. The van der Waals surface area contributed by atoms with Gasteiger partial charge in [0.05, 0.1) is 22.7 Å². The summed E-state index contributed by atoms with van der Waals surface area (Å²) in [5, 5.41) is 14.1. The average molecular weight is 338 g/mol. The first kappa shape index (κ1) is 16.8. The quantitative estimate of drug-likeness (QED) is 0.880. The normalized spacial score (nSPS) is 13.5. The molecule has 0 aliphatic rings. The Balaban J connectivity index is 2.10. The van der Waals surface area contributed by atoms with Crippen molar-refractivity contribution in [2.24, 2.45) is 0 Å². The molecule has 0 aliphatic carbocycles. The molecule has 5 heteroatoms. The minimum atomic E-state index is -0.829. The van der Waals surface area contributed by atoms with Crippen molar-refractivity contribution in [3.05, 3.63) is 69.2 Å². The first-order valence-electron chi connectivity index (χ1n) is 6.89. The van der Waals surface area contributed by atoms with Crippen molar-refractivity contribution >= 4 is 29.1 Å². The van der Waals surface area contributed by atoms with Gasteiger partial charge in [0, 0.05) is 5.02 Å². The monoisotopic (exact) mass is 337 g/mol. The molecule has 0 fully saturated rings. The molecule has 2 N–H and O–H groups in total. The van der Waals surface area contributed by atoms with E-state index in [1.165, 1.54) is 0 Å². The molecule has 2 aromatic carbocycles. The lowest BCUT2D eigenvalue weighted by atomic mass is 10.0. The third kappa shape index (κ3) is 3.80. The Morgan fingerprint density at radius 3 is 2.41 bits per heavy atom. The lowest BCUT2D eigenvalue weighted by Gasteiger charge is -2.21. The van der Waals surface area contributed by atoms with E-state index in [2.05, 4.69) is 5.32 Å². The molecule has 2 atom stereocenters. The highest BCUT2D eigenvalue weighted by Gasteiger charge is 2.20. The Morgan fingerprint density at radius 1 is 1.14 bits per heavy atom. The molecular formula is C17H17Cl2NO2. The van der Waals surface area contributed by atoms with Crippen molar-refractivity contribution in [3.63, 3.8) is 0 Å². The molecule has 0 radical (unpaired) electrons. The van der Waals surface area contributed by atoms with Gasteiger partial charge >= 0.3 is 0 Å². The highest BCUT2D eigenvalue weighted by atomic mass is 35.5. The molecule has 116 valence electrons. The maximum atomic E-state index is 12.3. The molecule has 22 heavy (non-hydrogen) atoms. The number of aliphatic hydroxyl groups is 1. The van der Waals surface area contributed by atoms with Crippen molar-refractivity contribution in [3.8, 4) is 0 Å². The molecule has 0 bridgehead atoms. The molecule has 3 nitrogen and oxygen atoms in total. The Morgan fingerprint density at radius 2 is 1.77 bits per heavy atom. The van der Waals surface area contributed by atoms with Crippen LogP contribution in [0.1, 0.15) is 34.5 Å². The Hall–Kier alpha value is -1.55. The van der Waals surface area contributed by atoms with Gasteiger partial charge in [0.25, 0.3) is 5.91 Å². The average Bonchev–Trinajstić information content (AvgIpc) is 2.50. The lowest BCUT2D eigenvalue weighted by Crippen LogP contribution is -2.37. The summed E-state index contributed by atoms with van der Waals surface area (Å²) in [4.78, 5) is 12.3. The largest absolute Gasteiger partial charge is 0.386 e. The van der Waals surface area contributed by atoms with Gasteiger partial charge in [-0.15, -0.1) is 0 Å². The van der Waals surface area contributed by atoms with Gasteiger partial charge in [0.1, 0.15) is 0 Å². The molecule has 0 saturated heterocycles. The van der Waals surface area contributed by atoms with Crippen LogP contribution in [0.2, 0.25) is 10.0 Å². The van der Waals surface area contributed by atoms with Crippen LogP contribution in [-0.2, 0) is 0 Å². The molecule has 0 saturated carbocycles. The third-order valence-electron chi connectivity index (χ3n) is 3.48. The van der Waals surface area contributed by atoms with Crippen LogP contribution in [0, 0.1) is 6.92 Å². The van der Waals surface area contributed by atoms with Crippen LogP contribution >= 0.6 is 23.2 Å². The number of hydrogen-bond donors (Lipinski definition) is 2. The standard InChI is InChI=1S/C17H17Cl2NO2/c1-10-4-3-5-14(15(10)19)17(22)20-11(2)16(21)12-6-8-13(18)9-7-12/h3-9,11,16,21H,1-2H3,(H,20,22). The second-order valence-electron chi connectivity index (χ2n) is 5.19. The van der Waals surface area contributed by atoms with Crippen LogP contribution in [0.5, 0.6) is 0 Å². The Kier molecular flexibility index (Phi) is 5.46. The van der Waals surface area contributed by atoms with E-state index in [9.17, 15) is 9.90 Å². The van der Waals surface area contributed by atoms with Crippen molar-refractivity contribution in [2.75, 3.05) is 0 Å². The van der Waals surface area contributed by atoms with Crippen molar-refractivity contribution < 1.29 is 9.90 Å². The number of rotatable bonds is 4. The Bertz CT molecular complexity index is 671. The number of halogens is 2. The summed E-state index contributed by atoms with van der Waals surface area (Å²) in [5.41, 5.74) is 1.92. The van der Waals surface area contributed by atoms with Gasteiger partial charge < -0.3 is 10.4 Å². The molecule has 0 aliphatic heterocycles. The number of carbonyl (C=O) groups is 1. The van der Waals surface area contributed by atoms with Crippen LogP contribution in [0.25, 0.3) is 0 Å². The minimum absolute atomic E-state index is 0.311. The van der Waals surface area contributed by atoms with E-state index in [-0.39, 0.29) is 5.91 Å². The fourth-order valence-electron chi connectivity index (χ4n) is 2.13. The number of benzene rings is 2. The van der Waals surface area contributed by atoms with Gasteiger partial charge in [-0.3, -0.25) is 4.79 Å². The van der Waals surface area contributed by atoms with Crippen LogP contribution in [-0.4, -0.2) is 17.1 Å². The predicted molar refractivity (Wildman–Crippen MR) is 89.5 cm³/mol. The number of aliphatic hydroxyl groups excluding tert-OH is 1. The van der Waals surface area contributed by atoms with E-state index in [1.54, 1.807) is 43.3 Å². The Labute approximate surface area is 139 Å². The first-order valence-corrected chi connectivity index (χ1v) is 7.65. The summed E-state index contributed by atoms with van der Waals surface area (Å²) in [6.07, 6.45) is -0.829. The van der Waals surface area contributed by atoms with Gasteiger partial charge in [-0.2, -0.15) is 0 Å². The summed E-state index contributed by atoms with van der Waals surface area (Å²) in [5.74, 6) is -0.311. The zero-order valence-electron chi connectivity index (χ0n) is 12.3. The second kappa shape index (κ2) is 7.14. The molecule has 0 heterocycles. The smallest absolute Gasteiger partial charge is 0.253 e. The summed E-state index contributed by atoms with van der Waals surface area (Å²) in [7, 11) is 0. The highest BCUT2D eigenvalue weighted by Crippen LogP contribution is 2.22. The summed E-state index contributed by atoms with van der Waals surface area (Å²) < 4.78 is 0. The molecule has 2 aromatic rings. The zero-order chi connectivity index (χ0) is 16.3.